The fourth-order valence-electron chi connectivity index (χ4n) is 2.51. The van der Waals surface area contributed by atoms with Crippen LogP contribution in [0.4, 0.5) is 5.82 Å². The van der Waals surface area contributed by atoms with Gasteiger partial charge >= 0.3 is 0 Å². The Morgan fingerprint density at radius 1 is 1.32 bits per heavy atom. The first-order valence-corrected chi connectivity index (χ1v) is 7.22. The molecule has 0 aliphatic carbocycles. The van der Waals surface area contributed by atoms with Gasteiger partial charge in [0, 0.05) is 6.54 Å². The molecule has 1 unspecified atom stereocenters. The Bertz CT molecular complexity index is 648. The van der Waals surface area contributed by atoms with Crippen LogP contribution in [-0.4, -0.2) is 66.5 Å². The van der Waals surface area contributed by atoms with Gasteiger partial charge in [0.15, 0.2) is 11.9 Å². The van der Waals surface area contributed by atoms with Crippen LogP contribution in [0.3, 0.4) is 0 Å². The molecule has 0 radical (unpaired) electrons. The maximum atomic E-state index is 10.1. The van der Waals surface area contributed by atoms with Gasteiger partial charge < -0.3 is 25.4 Å². The number of fused-ring (bicyclic) bond motifs is 1. The third-order valence-electron chi connectivity index (χ3n) is 3.69. The quantitative estimate of drug-likeness (QED) is 0.569. The number of ether oxygens (including phenoxy) is 1. The zero-order valence-corrected chi connectivity index (χ0v) is 12.1. The fourth-order valence-corrected chi connectivity index (χ4v) is 2.51. The highest BCUT2D eigenvalue weighted by Crippen LogP contribution is 2.31. The van der Waals surface area contributed by atoms with Gasteiger partial charge in [-0.25, -0.2) is 14.6 Å². The summed E-state index contributed by atoms with van der Waals surface area (Å²) in [5.74, 6) is 0.657. The van der Waals surface area contributed by atoms with Crippen LogP contribution in [0.2, 0.25) is 0 Å². The SMILES string of the molecule is CCCNc1ncnc2c1cnn2C1O[C@H](CO)[C@@H](O)[C@H]1O. The minimum Gasteiger partial charge on any atom is -0.394 e. The third-order valence-corrected chi connectivity index (χ3v) is 3.69. The van der Waals surface area contributed by atoms with Crippen LogP contribution >= 0.6 is 0 Å². The van der Waals surface area contributed by atoms with E-state index in [2.05, 4.69) is 20.4 Å². The molecule has 4 N–H and O–H groups in total. The van der Waals surface area contributed by atoms with Crippen molar-refractivity contribution in [3.63, 3.8) is 0 Å². The number of aliphatic hydroxyl groups is 3. The monoisotopic (exact) mass is 309 g/mol. The summed E-state index contributed by atoms with van der Waals surface area (Å²) in [6.07, 6.45) is -0.176. The molecule has 1 fully saturated rings. The minimum atomic E-state index is -1.19. The lowest BCUT2D eigenvalue weighted by Gasteiger charge is -2.15. The third kappa shape index (κ3) is 2.41. The second kappa shape index (κ2) is 6.13. The molecule has 3 rings (SSSR count). The van der Waals surface area contributed by atoms with Crippen LogP contribution in [0, 0.1) is 0 Å². The lowest BCUT2D eigenvalue weighted by molar-refractivity contribution is -0.0566. The van der Waals surface area contributed by atoms with E-state index in [4.69, 9.17) is 9.84 Å². The van der Waals surface area contributed by atoms with Crippen LogP contribution in [0.1, 0.15) is 19.6 Å². The lowest BCUT2D eigenvalue weighted by Crippen LogP contribution is -2.33. The van der Waals surface area contributed by atoms with Crippen molar-refractivity contribution < 1.29 is 20.1 Å². The Kier molecular flexibility index (Phi) is 4.21. The molecule has 0 aromatic carbocycles. The van der Waals surface area contributed by atoms with Crippen molar-refractivity contribution in [2.24, 2.45) is 0 Å². The van der Waals surface area contributed by atoms with Crippen LogP contribution in [0.15, 0.2) is 12.5 Å². The number of aromatic nitrogens is 4. The van der Waals surface area contributed by atoms with Crippen LogP contribution in [0.5, 0.6) is 0 Å². The normalized spacial score (nSPS) is 28.4. The molecule has 0 spiro atoms. The van der Waals surface area contributed by atoms with Crippen molar-refractivity contribution in [1.29, 1.82) is 0 Å². The number of hydrogen-bond acceptors (Lipinski definition) is 8. The first-order valence-electron chi connectivity index (χ1n) is 7.22. The summed E-state index contributed by atoms with van der Waals surface area (Å²) in [4.78, 5) is 8.36. The van der Waals surface area contributed by atoms with Gasteiger partial charge in [-0.2, -0.15) is 5.10 Å². The number of anilines is 1. The molecule has 4 atom stereocenters. The van der Waals surface area contributed by atoms with Crippen LogP contribution in [0.25, 0.3) is 11.0 Å². The molecule has 1 aliphatic rings. The predicted octanol–water partition coefficient (Wildman–Crippen LogP) is -0.740. The van der Waals surface area contributed by atoms with Crippen molar-refractivity contribution in [3.05, 3.63) is 12.5 Å². The molecule has 3 heterocycles. The Hall–Kier alpha value is -1.81. The zero-order valence-electron chi connectivity index (χ0n) is 12.1. The molecule has 2 aromatic rings. The summed E-state index contributed by atoms with van der Waals surface area (Å²) >= 11 is 0. The first-order chi connectivity index (χ1) is 10.7. The molecule has 1 saturated heterocycles. The Morgan fingerprint density at radius 2 is 2.14 bits per heavy atom. The topological polar surface area (TPSA) is 126 Å². The van der Waals surface area contributed by atoms with Crippen LogP contribution in [-0.2, 0) is 4.74 Å². The standard InChI is InChI=1S/C13H19N5O4/c1-2-3-14-11-7-4-17-18(12(7)16-6-15-11)13-10(21)9(20)8(5-19)22-13/h4,6,8-10,13,19-21H,2-3,5H2,1H3,(H,14,15,16)/t8-,9-,10-,13?/m1/s1. The fraction of sp³-hybridized carbons (Fsp3) is 0.615. The highest BCUT2D eigenvalue weighted by molar-refractivity contribution is 5.86. The van der Waals surface area contributed by atoms with Gasteiger partial charge in [-0.3, -0.25) is 0 Å². The maximum Gasteiger partial charge on any atom is 0.181 e. The van der Waals surface area contributed by atoms with Crippen molar-refractivity contribution in [1.82, 2.24) is 19.7 Å². The molecule has 2 aromatic heterocycles. The lowest BCUT2D eigenvalue weighted by atomic mass is 10.1. The smallest absolute Gasteiger partial charge is 0.181 e. The summed E-state index contributed by atoms with van der Waals surface area (Å²) in [6.45, 7) is 2.44. The minimum absolute atomic E-state index is 0.383. The van der Waals surface area contributed by atoms with E-state index >= 15 is 0 Å². The van der Waals surface area contributed by atoms with Crippen molar-refractivity contribution in [3.8, 4) is 0 Å². The summed E-state index contributed by atoms with van der Waals surface area (Å²) in [7, 11) is 0. The number of hydrogen-bond donors (Lipinski definition) is 4. The summed E-state index contributed by atoms with van der Waals surface area (Å²) in [5.41, 5.74) is 0.489. The molecule has 9 heteroatoms. The van der Waals surface area contributed by atoms with E-state index < -0.39 is 24.5 Å². The van der Waals surface area contributed by atoms with Crippen molar-refractivity contribution >= 4 is 16.9 Å². The maximum absolute atomic E-state index is 10.1. The summed E-state index contributed by atoms with van der Waals surface area (Å²) in [5, 5.41) is 37.2. The highest BCUT2D eigenvalue weighted by atomic mass is 16.6. The average molecular weight is 309 g/mol. The molecular formula is C13H19N5O4. The van der Waals surface area contributed by atoms with E-state index in [9.17, 15) is 10.2 Å². The average Bonchev–Trinajstić information content (AvgIpc) is 3.08. The summed E-state index contributed by atoms with van der Waals surface area (Å²) in [6, 6.07) is 0. The predicted molar refractivity (Wildman–Crippen MR) is 77.1 cm³/mol. The van der Waals surface area contributed by atoms with Crippen molar-refractivity contribution in [2.75, 3.05) is 18.5 Å². The molecule has 0 amide bonds. The molecule has 0 saturated carbocycles. The molecule has 1 aliphatic heterocycles. The molecule has 22 heavy (non-hydrogen) atoms. The zero-order chi connectivity index (χ0) is 15.7. The second-order valence-corrected chi connectivity index (χ2v) is 5.20. The number of nitrogens with one attached hydrogen (secondary N) is 1. The second-order valence-electron chi connectivity index (χ2n) is 5.20. The summed E-state index contributed by atoms with van der Waals surface area (Å²) < 4.78 is 6.88. The van der Waals surface area contributed by atoms with Gasteiger partial charge in [-0.15, -0.1) is 0 Å². The van der Waals surface area contributed by atoms with E-state index in [0.29, 0.717) is 16.9 Å². The van der Waals surface area contributed by atoms with Crippen LogP contribution < -0.4 is 5.32 Å². The van der Waals surface area contributed by atoms with Gasteiger partial charge in [-0.05, 0) is 6.42 Å². The Balaban J connectivity index is 1.95. The number of aliphatic hydroxyl groups excluding tert-OH is 3. The van der Waals surface area contributed by atoms with Gasteiger partial charge in [0.05, 0.1) is 18.2 Å². The van der Waals surface area contributed by atoms with Gasteiger partial charge in [0.25, 0.3) is 0 Å². The van der Waals surface area contributed by atoms with E-state index in [0.717, 1.165) is 13.0 Å². The van der Waals surface area contributed by atoms with E-state index in [1.54, 1.807) is 6.20 Å². The number of nitrogens with zero attached hydrogens (tertiary/aromatic N) is 4. The van der Waals surface area contributed by atoms with Gasteiger partial charge in [0.2, 0.25) is 0 Å². The van der Waals surface area contributed by atoms with E-state index in [-0.39, 0.29) is 6.61 Å². The van der Waals surface area contributed by atoms with Gasteiger partial charge in [0.1, 0.15) is 30.5 Å². The Labute approximate surface area is 126 Å². The van der Waals surface area contributed by atoms with E-state index in [1.807, 2.05) is 6.92 Å². The highest BCUT2D eigenvalue weighted by Gasteiger charge is 2.44. The molecule has 0 bridgehead atoms. The number of rotatable bonds is 5. The largest absolute Gasteiger partial charge is 0.394 e. The first kappa shape index (κ1) is 15.1. The molecule has 9 nitrogen and oxygen atoms in total. The Morgan fingerprint density at radius 3 is 2.82 bits per heavy atom. The van der Waals surface area contributed by atoms with Gasteiger partial charge in [-0.1, -0.05) is 6.92 Å². The van der Waals surface area contributed by atoms with Crippen molar-refractivity contribution in [2.45, 2.75) is 37.9 Å². The molecular weight excluding hydrogens is 290 g/mol. The van der Waals surface area contributed by atoms with E-state index in [1.165, 1.54) is 11.0 Å². The molecule has 120 valence electrons.